The average Bonchev–Trinajstić information content (AvgIpc) is 2.40. The lowest BCUT2D eigenvalue weighted by molar-refractivity contribution is 0.315. The third-order valence-corrected chi connectivity index (χ3v) is 3.27. The molecule has 0 bridgehead atoms. The number of anilines is 1. The Morgan fingerprint density at radius 3 is 2.79 bits per heavy atom. The summed E-state index contributed by atoms with van der Waals surface area (Å²) in [4.78, 5) is 0. The van der Waals surface area contributed by atoms with E-state index >= 15 is 0 Å². The summed E-state index contributed by atoms with van der Waals surface area (Å²) in [7, 11) is 0. The highest BCUT2D eigenvalue weighted by Gasteiger charge is 2.04. The van der Waals surface area contributed by atoms with Crippen molar-refractivity contribution >= 4 is 33.2 Å². The molecule has 19 heavy (non-hydrogen) atoms. The third-order valence-electron chi connectivity index (χ3n) is 2.44. The van der Waals surface area contributed by atoms with E-state index in [-0.39, 0.29) is 11.6 Å². The second-order valence-corrected chi connectivity index (χ2v) is 5.15. The summed E-state index contributed by atoms with van der Waals surface area (Å²) in [5.41, 5.74) is 0.836. The van der Waals surface area contributed by atoms with Gasteiger partial charge in [0, 0.05) is 11.0 Å². The highest BCUT2D eigenvalue weighted by atomic mass is 79.9. The van der Waals surface area contributed by atoms with Crippen LogP contribution in [0.3, 0.4) is 0 Å². The van der Waals surface area contributed by atoms with Gasteiger partial charge in [0.15, 0.2) is 11.6 Å². The number of rotatable bonds is 5. The molecule has 0 saturated carbocycles. The molecule has 0 unspecified atom stereocenters. The molecule has 100 valence electrons. The molecule has 1 N–H and O–H groups in total. The van der Waals surface area contributed by atoms with Crippen molar-refractivity contribution in [3.05, 3.63) is 57.8 Å². The van der Waals surface area contributed by atoms with Crippen LogP contribution in [0.1, 0.15) is 0 Å². The number of nitrogens with one attached hydrogen (secondary N) is 1. The fourth-order valence-corrected chi connectivity index (χ4v) is 2.08. The maximum Gasteiger partial charge on any atom is 0.165 e. The van der Waals surface area contributed by atoms with Crippen LogP contribution in [0, 0.1) is 5.82 Å². The van der Waals surface area contributed by atoms with Crippen LogP contribution in [0.5, 0.6) is 5.75 Å². The van der Waals surface area contributed by atoms with E-state index < -0.39 is 0 Å². The molecule has 0 aliphatic carbocycles. The summed E-state index contributed by atoms with van der Waals surface area (Å²) in [6.07, 6.45) is 0. The largest absolute Gasteiger partial charge is 0.489 e. The van der Waals surface area contributed by atoms with Gasteiger partial charge < -0.3 is 10.1 Å². The molecule has 2 rings (SSSR count). The fraction of sp³-hybridized carbons (Fsp3) is 0.143. The van der Waals surface area contributed by atoms with Crippen molar-refractivity contribution in [2.24, 2.45) is 0 Å². The van der Waals surface area contributed by atoms with Crippen LogP contribution in [0.25, 0.3) is 0 Å². The van der Waals surface area contributed by atoms with Crippen molar-refractivity contribution in [1.29, 1.82) is 0 Å². The molecule has 0 aliphatic heterocycles. The van der Waals surface area contributed by atoms with E-state index in [1.807, 2.05) is 18.2 Å². The van der Waals surface area contributed by atoms with Gasteiger partial charge in [-0.1, -0.05) is 39.7 Å². The van der Waals surface area contributed by atoms with Gasteiger partial charge in [0.25, 0.3) is 0 Å². The molecule has 2 aromatic rings. The Morgan fingerprint density at radius 2 is 2.00 bits per heavy atom. The minimum atomic E-state index is -0.374. The molecule has 0 fully saturated rings. The zero-order valence-electron chi connectivity index (χ0n) is 10.00. The van der Waals surface area contributed by atoms with Gasteiger partial charge in [0.05, 0.1) is 10.7 Å². The van der Waals surface area contributed by atoms with E-state index in [4.69, 9.17) is 16.3 Å². The van der Waals surface area contributed by atoms with Crippen molar-refractivity contribution in [2.75, 3.05) is 18.5 Å². The number of para-hydroxylation sites is 1. The van der Waals surface area contributed by atoms with Crippen molar-refractivity contribution in [1.82, 2.24) is 0 Å². The van der Waals surface area contributed by atoms with E-state index in [0.717, 1.165) is 10.2 Å². The van der Waals surface area contributed by atoms with E-state index in [1.54, 1.807) is 18.2 Å². The topological polar surface area (TPSA) is 21.3 Å². The number of hydrogen-bond donors (Lipinski definition) is 1. The van der Waals surface area contributed by atoms with Gasteiger partial charge in [-0.05, 0) is 30.3 Å². The summed E-state index contributed by atoms with van der Waals surface area (Å²) in [6.45, 7) is 0.883. The van der Waals surface area contributed by atoms with Gasteiger partial charge in [-0.2, -0.15) is 0 Å². The van der Waals surface area contributed by atoms with Gasteiger partial charge in [0.1, 0.15) is 6.61 Å². The summed E-state index contributed by atoms with van der Waals surface area (Å²) in [6, 6.07) is 12.0. The van der Waals surface area contributed by atoms with Crippen LogP contribution in [-0.4, -0.2) is 13.2 Å². The first-order chi connectivity index (χ1) is 9.16. The normalized spacial score (nSPS) is 10.3. The van der Waals surface area contributed by atoms with Gasteiger partial charge in [-0.15, -0.1) is 0 Å². The summed E-state index contributed by atoms with van der Waals surface area (Å²) >= 11 is 9.27. The molecule has 0 amide bonds. The average molecular weight is 345 g/mol. The standard InChI is InChI=1S/C14H12BrClFNO/c15-10-5-6-12(17)14(9-10)19-8-7-18-13-4-2-1-3-11(13)16/h1-6,9,18H,7-8H2. The molecule has 0 atom stereocenters. The lowest BCUT2D eigenvalue weighted by atomic mass is 10.3. The van der Waals surface area contributed by atoms with Gasteiger partial charge >= 0.3 is 0 Å². The van der Waals surface area contributed by atoms with Crippen LogP contribution in [-0.2, 0) is 0 Å². The first-order valence-electron chi connectivity index (χ1n) is 5.73. The number of benzene rings is 2. The minimum absolute atomic E-state index is 0.232. The molecule has 0 heterocycles. The SMILES string of the molecule is Fc1ccc(Br)cc1OCCNc1ccccc1Cl. The lowest BCUT2D eigenvalue weighted by Crippen LogP contribution is -2.12. The van der Waals surface area contributed by atoms with Crippen LogP contribution < -0.4 is 10.1 Å². The van der Waals surface area contributed by atoms with Gasteiger partial charge in [-0.25, -0.2) is 4.39 Å². The Kier molecular flexibility index (Phi) is 5.05. The van der Waals surface area contributed by atoms with E-state index in [9.17, 15) is 4.39 Å². The predicted octanol–water partition coefficient (Wildman–Crippen LogP) is 4.73. The molecular weight excluding hydrogens is 333 g/mol. The molecular formula is C14H12BrClFNO. The van der Waals surface area contributed by atoms with E-state index in [1.165, 1.54) is 6.07 Å². The first kappa shape index (κ1) is 14.2. The minimum Gasteiger partial charge on any atom is -0.489 e. The molecule has 2 nitrogen and oxygen atoms in total. The second kappa shape index (κ2) is 6.78. The third kappa shape index (κ3) is 4.11. The Bertz CT molecular complexity index is 565. The van der Waals surface area contributed by atoms with Crippen LogP contribution in [0.2, 0.25) is 5.02 Å². The lowest BCUT2D eigenvalue weighted by Gasteiger charge is -2.10. The number of ether oxygens (including phenoxy) is 1. The van der Waals surface area contributed by atoms with Gasteiger partial charge in [-0.3, -0.25) is 0 Å². The van der Waals surface area contributed by atoms with Crippen molar-refractivity contribution < 1.29 is 9.13 Å². The van der Waals surface area contributed by atoms with Crippen molar-refractivity contribution in [3.63, 3.8) is 0 Å². The molecule has 0 aromatic heterocycles. The summed E-state index contributed by atoms with van der Waals surface area (Å²) in [5.74, 6) is -0.142. The summed E-state index contributed by atoms with van der Waals surface area (Å²) in [5, 5.41) is 3.78. The molecule has 0 radical (unpaired) electrons. The van der Waals surface area contributed by atoms with Crippen LogP contribution >= 0.6 is 27.5 Å². The Labute approximate surface area is 124 Å². The number of halogens is 3. The molecule has 0 aliphatic rings. The Hall–Kier alpha value is -1.26. The Balaban J connectivity index is 1.84. The maximum absolute atomic E-state index is 13.4. The zero-order chi connectivity index (χ0) is 13.7. The molecule has 2 aromatic carbocycles. The zero-order valence-corrected chi connectivity index (χ0v) is 12.3. The quantitative estimate of drug-likeness (QED) is 0.792. The maximum atomic E-state index is 13.4. The second-order valence-electron chi connectivity index (χ2n) is 3.83. The van der Waals surface area contributed by atoms with Gasteiger partial charge in [0.2, 0.25) is 0 Å². The highest BCUT2D eigenvalue weighted by Crippen LogP contribution is 2.22. The summed E-state index contributed by atoms with van der Waals surface area (Å²) < 4.78 is 19.5. The van der Waals surface area contributed by atoms with Crippen LogP contribution in [0.15, 0.2) is 46.9 Å². The molecule has 5 heteroatoms. The van der Waals surface area contributed by atoms with Crippen LogP contribution in [0.4, 0.5) is 10.1 Å². The van der Waals surface area contributed by atoms with Crippen molar-refractivity contribution in [2.45, 2.75) is 0 Å². The number of hydrogen-bond acceptors (Lipinski definition) is 2. The monoisotopic (exact) mass is 343 g/mol. The predicted molar refractivity (Wildman–Crippen MR) is 79.5 cm³/mol. The highest BCUT2D eigenvalue weighted by molar-refractivity contribution is 9.10. The van der Waals surface area contributed by atoms with E-state index in [2.05, 4.69) is 21.2 Å². The Morgan fingerprint density at radius 1 is 1.21 bits per heavy atom. The van der Waals surface area contributed by atoms with Crippen molar-refractivity contribution in [3.8, 4) is 5.75 Å². The molecule has 0 saturated heterocycles. The fourth-order valence-electron chi connectivity index (χ4n) is 1.54. The smallest absolute Gasteiger partial charge is 0.165 e. The molecule has 0 spiro atoms. The van der Waals surface area contributed by atoms with E-state index in [0.29, 0.717) is 18.2 Å². The first-order valence-corrected chi connectivity index (χ1v) is 6.90.